The molecule has 3 aromatic carbocycles. The predicted molar refractivity (Wildman–Crippen MR) is 257 cm³/mol. The summed E-state index contributed by atoms with van der Waals surface area (Å²) in [5, 5.41) is 14.5. The third-order valence-corrected chi connectivity index (χ3v) is 16.3. The molecule has 2 atom stereocenters. The number of carbonyl (C=O) groups is 2. The number of imide groups is 1. The van der Waals surface area contributed by atoms with Crippen molar-refractivity contribution in [2.75, 3.05) is 88.5 Å². The maximum Gasteiger partial charge on any atom is 0.319 e. The van der Waals surface area contributed by atoms with E-state index in [1.807, 2.05) is 11.8 Å². The number of phenols is 1. The minimum atomic E-state index is -1.02. The minimum absolute atomic E-state index is 0.0382. The molecular weight excluding hydrogens is 905 g/mol. The van der Waals surface area contributed by atoms with Crippen molar-refractivity contribution < 1.29 is 41.7 Å². The van der Waals surface area contributed by atoms with Crippen LogP contribution in [0, 0.1) is 34.1 Å². The summed E-state index contributed by atoms with van der Waals surface area (Å²) in [6.45, 7) is 13.1. The molecule has 5 aliphatic heterocycles. The molecule has 2 aromatic heterocycles. The number of carbonyl (C=O) groups excluding carboxylic acids is 2. The second-order valence-electron chi connectivity index (χ2n) is 21.3. The van der Waals surface area contributed by atoms with Crippen LogP contribution in [0.1, 0.15) is 88.7 Å². The molecule has 70 heavy (non-hydrogen) atoms. The Hall–Kier alpha value is -5.65. The molecule has 13 nitrogen and oxygen atoms in total. The van der Waals surface area contributed by atoms with Crippen molar-refractivity contribution in [3.8, 4) is 23.0 Å². The van der Waals surface area contributed by atoms with Gasteiger partial charge in [-0.15, -0.1) is 0 Å². The highest BCUT2D eigenvalue weighted by Gasteiger charge is 2.47. The lowest BCUT2D eigenvalue weighted by molar-refractivity contribution is -0.151. The smallest absolute Gasteiger partial charge is 0.319 e. The molecule has 370 valence electrons. The minimum Gasteiger partial charge on any atom is -0.508 e. The Balaban J connectivity index is 0.752. The molecule has 7 heterocycles. The molecule has 1 aliphatic carbocycles. The topological polar surface area (TPSA) is 136 Å². The third kappa shape index (κ3) is 8.90. The van der Waals surface area contributed by atoms with Gasteiger partial charge in [0.15, 0.2) is 5.82 Å². The number of nitrogens with one attached hydrogen (secondary N) is 1. The largest absolute Gasteiger partial charge is 0.508 e. The molecule has 1 spiro atoms. The van der Waals surface area contributed by atoms with E-state index in [0.29, 0.717) is 79.0 Å². The number of ether oxygens (including phenoxy) is 2. The number of fused-ring (bicyclic) bond motifs is 2. The Morgan fingerprint density at radius 1 is 0.857 bits per heavy atom. The lowest BCUT2D eigenvalue weighted by Gasteiger charge is -2.48. The van der Waals surface area contributed by atoms with E-state index in [2.05, 4.69) is 31.9 Å². The number of amides is 2. The molecule has 5 saturated heterocycles. The summed E-state index contributed by atoms with van der Waals surface area (Å²) in [6, 6.07) is 8.65. The number of halogens is 4. The molecule has 1 unspecified atom stereocenters. The molecule has 6 fully saturated rings. The van der Waals surface area contributed by atoms with Gasteiger partial charge >= 0.3 is 6.01 Å². The van der Waals surface area contributed by atoms with Crippen molar-refractivity contribution in [3.05, 3.63) is 77.0 Å². The number of aromatic nitrogens is 3. The molecule has 0 radical (unpaired) electrons. The van der Waals surface area contributed by atoms with E-state index < -0.39 is 41.0 Å². The van der Waals surface area contributed by atoms with Crippen molar-refractivity contribution in [3.63, 3.8) is 0 Å². The highest BCUT2D eigenvalue weighted by molar-refractivity contribution is 6.02. The SMILES string of the molecule is CCc1c(F)ccc2cc(O)cc(-c3ncc4c(N5CCC[C@]6(CCO6)C5)nc(OCC5(CN6CCC(C)(CN7CCN(c8cc(F)c(C9CCC(=O)NC9=O)c(F)c8)CC7)CC6)CC5)nc4c3F)c12. The molecule has 1 saturated carbocycles. The first-order valence-electron chi connectivity index (χ1n) is 25.1. The Labute approximate surface area is 404 Å². The fourth-order valence-electron chi connectivity index (χ4n) is 11.9. The van der Waals surface area contributed by atoms with Crippen LogP contribution in [-0.4, -0.2) is 126 Å². The quantitative estimate of drug-likeness (QED) is 0.0926. The summed E-state index contributed by atoms with van der Waals surface area (Å²) in [4.78, 5) is 47.4. The third-order valence-electron chi connectivity index (χ3n) is 16.3. The summed E-state index contributed by atoms with van der Waals surface area (Å²) < 4.78 is 75.7. The highest BCUT2D eigenvalue weighted by atomic mass is 19.1. The standard InChI is InChI=1S/C53H60F4N8O5/c1-3-35-39(54)7-5-32-23-34(66)26-37(43(32)35)46-45(57)47-38(27-58-46)48(65-15-4-9-53(30-65)14-22-70-53)61-50(60-47)69-31-52(10-11-52)29-62-16-12-51(2,13-17-62)28-63-18-20-64(21-19-63)33-24-40(55)44(41(56)25-33)36-6-8-42(67)59-49(36)68/h5,7,23-27,36,66H,3-4,6,8-22,28-31H2,1-2H3,(H,59,67,68)/t36?,53-/m0/s1. The zero-order valence-electron chi connectivity index (χ0n) is 39.9. The number of benzene rings is 3. The normalized spacial score (nSPS) is 23.8. The van der Waals surface area contributed by atoms with Gasteiger partial charge in [-0.05, 0) is 117 Å². The molecule has 2 N–H and O–H groups in total. The van der Waals surface area contributed by atoms with Crippen molar-refractivity contribution in [2.24, 2.45) is 10.8 Å². The Kier molecular flexibility index (Phi) is 12.1. The summed E-state index contributed by atoms with van der Waals surface area (Å²) >= 11 is 0. The first kappa shape index (κ1) is 46.7. The van der Waals surface area contributed by atoms with Crippen LogP contribution in [0.4, 0.5) is 29.1 Å². The van der Waals surface area contributed by atoms with Gasteiger partial charge in [0.25, 0.3) is 0 Å². The predicted octanol–water partition coefficient (Wildman–Crippen LogP) is 8.03. The first-order valence-corrected chi connectivity index (χ1v) is 25.1. The molecule has 17 heteroatoms. The van der Waals surface area contributed by atoms with Gasteiger partial charge in [-0.3, -0.25) is 24.8 Å². The van der Waals surface area contributed by atoms with E-state index in [4.69, 9.17) is 19.4 Å². The van der Waals surface area contributed by atoms with Crippen LogP contribution < -0.4 is 19.9 Å². The number of aryl methyl sites for hydroxylation is 1. The second-order valence-corrected chi connectivity index (χ2v) is 21.3. The monoisotopic (exact) mass is 964 g/mol. The zero-order chi connectivity index (χ0) is 48.5. The van der Waals surface area contributed by atoms with Gasteiger partial charge < -0.3 is 29.3 Å². The van der Waals surface area contributed by atoms with Crippen molar-refractivity contribution in [1.82, 2.24) is 30.1 Å². The summed E-state index contributed by atoms with van der Waals surface area (Å²) in [5.74, 6) is -4.29. The number of piperidine rings is 3. The Morgan fingerprint density at radius 3 is 2.29 bits per heavy atom. The Bertz CT molecular complexity index is 2860. The van der Waals surface area contributed by atoms with Crippen molar-refractivity contribution >= 4 is 45.0 Å². The first-order chi connectivity index (χ1) is 33.7. The van der Waals surface area contributed by atoms with Crippen LogP contribution in [0.3, 0.4) is 0 Å². The van der Waals surface area contributed by atoms with E-state index in [-0.39, 0.29) is 63.4 Å². The van der Waals surface area contributed by atoms with Crippen LogP contribution in [0.25, 0.3) is 32.9 Å². The van der Waals surface area contributed by atoms with Gasteiger partial charge in [0.05, 0.1) is 30.1 Å². The Morgan fingerprint density at radius 2 is 1.60 bits per heavy atom. The number of pyridine rings is 1. The molecule has 5 aromatic rings. The fraction of sp³-hybridized carbons (Fsp3) is 0.528. The van der Waals surface area contributed by atoms with Crippen LogP contribution in [0.5, 0.6) is 11.8 Å². The van der Waals surface area contributed by atoms with Gasteiger partial charge in [0, 0.05) is 93.6 Å². The number of piperazine rings is 1. The molecule has 6 aliphatic rings. The summed E-state index contributed by atoms with van der Waals surface area (Å²) in [6.07, 6.45) is 8.90. The number of rotatable bonds is 12. The maximum atomic E-state index is 17.2. The number of hydrogen-bond donors (Lipinski definition) is 2. The van der Waals surface area contributed by atoms with Gasteiger partial charge in [0.1, 0.15) is 40.2 Å². The number of aromatic hydroxyl groups is 1. The van der Waals surface area contributed by atoms with Crippen molar-refractivity contribution in [1.29, 1.82) is 0 Å². The van der Waals surface area contributed by atoms with Gasteiger partial charge in [-0.2, -0.15) is 9.97 Å². The number of nitrogens with zero attached hydrogens (tertiary/aromatic N) is 7. The van der Waals surface area contributed by atoms with Crippen molar-refractivity contribution in [2.45, 2.75) is 89.6 Å². The zero-order valence-corrected chi connectivity index (χ0v) is 39.9. The van der Waals surface area contributed by atoms with Crippen LogP contribution in [-0.2, 0) is 20.7 Å². The highest BCUT2D eigenvalue weighted by Crippen LogP contribution is 2.48. The van der Waals surface area contributed by atoms with Crippen LogP contribution in [0.2, 0.25) is 0 Å². The van der Waals surface area contributed by atoms with E-state index >= 15 is 17.6 Å². The number of likely N-dealkylation sites (tertiary alicyclic amines) is 1. The second kappa shape index (κ2) is 18.2. The summed E-state index contributed by atoms with van der Waals surface area (Å²) in [5.41, 5.74) is 0.652. The van der Waals surface area contributed by atoms with E-state index in [1.165, 1.54) is 24.3 Å². The van der Waals surface area contributed by atoms with E-state index in [1.54, 1.807) is 18.3 Å². The molecule has 0 bridgehead atoms. The van der Waals surface area contributed by atoms with E-state index in [9.17, 15) is 14.7 Å². The van der Waals surface area contributed by atoms with Gasteiger partial charge in [0.2, 0.25) is 11.8 Å². The lowest BCUT2D eigenvalue weighted by atomic mass is 9.79. The van der Waals surface area contributed by atoms with Crippen LogP contribution in [0.15, 0.2) is 42.6 Å². The number of hydrogen-bond acceptors (Lipinski definition) is 12. The maximum absolute atomic E-state index is 17.2. The number of phenolic OH excluding ortho intramolecular Hbond substituents is 1. The fourth-order valence-corrected chi connectivity index (χ4v) is 11.9. The number of anilines is 2. The molecular formula is C53H60F4N8O5. The average Bonchev–Trinajstić information content (AvgIpc) is 4.11. The van der Waals surface area contributed by atoms with E-state index in [0.717, 1.165) is 84.2 Å². The van der Waals surface area contributed by atoms with Gasteiger partial charge in [-0.1, -0.05) is 19.9 Å². The summed E-state index contributed by atoms with van der Waals surface area (Å²) in [7, 11) is 0. The average molecular weight is 965 g/mol. The van der Waals surface area contributed by atoms with Gasteiger partial charge in [-0.25, -0.2) is 17.6 Å². The van der Waals surface area contributed by atoms with Crippen LogP contribution >= 0.6 is 0 Å². The lowest BCUT2D eigenvalue weighted by Crippen LogP contribution is -2.56. The molecule has 11 rings (SSSR count). The molecule has 2 amide bonds.